The molecule has 2 fully saturated rings. The summed E-state index contributed by atoms with van der Waals surface area (Å²) < 4.78 is 11.2. The van der Waals surface area contributed by atoms with Crippen LogP contribution < -0.4 is 5.73 Å². The highest BCUT2D eigenvalue weighted by atomic mass is 16.7. The fourth-order valence-electron chi connectivity index (χ4n) is 2.93. The van der Waals surface area contributed by atoms with Crippen molar-refractivity contribution in [2.24, 2.45) is 23.5 Å². The van der Waals surface area contributed by atoms with Crippen molar-refractivity contribution in [1.29, 1.82) is 0 Å². The summed E-state index contributed by atoms with van der Waals surface area (Å²) in [5.74, 6) is 1.11. The van der Waals surface area contributed by atoms with Crippen LogP contribution >= 0.6 is 0 Å². The normalized spacial score (nSPS) is 38.2. The molecule has 1 aromatic rings. The van der Waals surface area contributed by atoms with Gasteiger partial charge in [-0.05, 0) is 29.9 Å². The second-order valence-electron chi connectivity index (χ2n) is 5.13. The second kappa shape index (κ2) is 4.97. The number of rotatable bonds is 4. The molecular formula is C14H19NO3. The van der Waals surface area contributed by atoms with Crippen LogP contribution in [0.4, 0.5) is 0 Å². The van der Waals surface area contributed by atoms with E-state index in [1.165, 1.54) is 0 Å². The molecule has 5 atom stereocenters. The van der Waals surface area contributed by atoms with Gasteiger partial charge < -0.3 is 20.3 Å². The molecule has 0 aromatic heterocycles. The highest BCUT2D eigenvalue weighted by Gasteiger charge is 2.58. The van der Waals surface area contributed by atoms with Gasteiger partial charge in [0, 0.05) is 0 Å². The van der Waals surface area contributed by atoms with Crippen molar-refractivity contribution in [2.45, 2.75) is 19.0 Å². The Balaban J connectivity index is 1.55. The molecule has 0 radical (unpaired) electrons. The predicted molar refractivity (Wildman–Crippen MR) is 66.5 cm³/mol. The van der Waals surface area contributed by atoms with Gasteiger partial charge in [-0.2, -0.15) is 0 Å². The van der Waals surface area contributed by atoms with E-state index >= 15 is 0 Å². The lowest BCUT2D eigenvalue weighted by Gasteiger charge is -2.27. The smallest absolute Gasteiger partial charge is 0.184 e. The summed E-state index contributed by atoms with van der Waals surface area (Å²) in [6.45, 7) is 1.75. The monoisotopic (exact) mass is 249 g/mol. The molecular weight excluding hydrogens is 230 g/mol. The Labute approximate surface area is 107 Å². The van der Waals surface area contributed by atoms with E-state index in [0.29, 0.717) is 31.6 Å². The van der Waals surface area contributed by atoms with Gasteiger partial charge in [-0.25, -0.2) is 0 Å². The highest BCUT2D eigenvalue weighted by Crippen LogP contribution is 2.52. The standard InChI is InChI=1S/C14H19NO3/c15-6-10-11-8-18-14(13(16)12(10)11)17-7-9-4-2-1-3-5-9/h1-5,10-14,16H,6-8,15H2/t10-,11-,12+,13-,14-/m0/s1. The number of ether oxygens (including phenoxy) is 2. The molecule has 0 spiro atoms. The first kappa shape index (κ1) is 12.1. The fourth-order valence-corrected chi connectivity index (χ4v) is 2.93. The summed E-state index contributed by atoms with van der Waals surface area (Å²) in [5.41, 5.74) is 6.74. The van der Waals surface area contributed by atoms with Gasteiger partial charge in [0.1, 0.15) is 6.10 Å². The van der Waals surface area contributed by atoms with Crippen molar-refractivity contribution in [3.8, 4) is 0 Å². The molecule has 0 bridgehead atoms. The molecule has 0 unspecified atom stereocenters. The van der Waals surface area contributed by atoms with Crippen LogP contribution in [-0.2, 0) is 16.1 Å². The van der Waals surface area contributed by atoms with E-state index in [2.05, 4.69) is 0 Å². The minimum atomic E-state index is -0.541. The lowest BCUT2D eigenvalue weighted by atomic mass is 10.1. The number of hydrogen-bond donors (Lipinski definition) is 2. The van der Waals surface area contributed by atoms with Crippen molar-refractivity contribution >= 4 is 0 Å². The summed E-state index contributed by atoms with van der Waals surface area (Å²) in [6, 6.07) is 9.90. The summed E-state index contributed by atoms with van der Waals surface area (Å²) in [7, 11) is 0. The molecule has 1 aliphatic carbocycles. The number of aliphatic hydroxyl groups is 1. The fraction of sp³-hybridized carbons (Fsp3) is 0.571. The Kier molecular flexibility index (Phi) is 3.35. The quantitative estimate of drug-likeness (QED) is 0.826. The summed E-state index contributed by atoms with van der Waals surface area (Å²) in [4.78, 5) is 0. The maximum atomic E-state index is 10.2. The van der Waals surface area contributed by atoms with Gasteiger partial charge in [0.25, 0.3) is 0 Å². The molecule has 3 N–H and O–H groups in total. The van der Waals surface area contributed by atoms with Crippen molar-refractivity contribution in [3.05, 3.63) is 35.9 Å². The van der Waals surface area contributed by atoms with Crippen LogP contribution in [0.25, 0.3) is 0 Å². The van der Waals surface area contributed by atoms with Gasteiger partial charge in [-0.15, -0.1) is 0 Å². The number of fused-ring (bicyclic) bond motifs is 1. The van der Waals surface area contributed by atoms with Crippen LogP contribution in [0.5, 0.6) is 0 Å². The zero-order valence-electron chi connectivity index (χ0n) is 10.2. The van der Waals surface area contributed by atoms with Crippen LogP contribution in [-0.4, -0.2) is 30.7 Å². The molecule has 2 aliphatic rings. The molecule has 1 heterocycles. The van der Waals surface area contributed by atoms with Gasteiger partial charge in [0.2, 0.25) is 0 Å². The first-order valence-electron chi connectivity index (χ1n) is 6.46. The molecule has 3 rings (SSSR count). The average molecular weight is 249 g/mol. The van der Waals surface area contributed by atoms with Crippen LogP contribution in [0, 0.1) is 17.8 Å². The molecule has 18 heavy (non-hydrogen) atoms. The molecule has 4 nitrogen and oxygen atoms in total. The third kappa shape index (κ3) is 2.17. The van der Waals surface area contributed by atoms with Gasteiger partial charge >= 0.3 is 0 Å². The van der Waals surface area contributed by atoms with E-state index in [1.807, 2.05) is 30.3 Å². The van der Waals surface area contributed by atoms with E-state index in [4.69, 9.17) is 15.2 Å². The Morgan fingerprint density at radius 2 is 2.11 bits per heavy atom. The minimum Gasteiger partial charge on any atom is -0.388 e. The number of benzene rings is 1. The third-order valence-corrected chi connectivity index (χ3v) is 4.05. The topological polar surface area (TPSA) is 64.7 Å². The predicted octanol–water partition coefficient (Wildman–Crippen LogP) is 0.741. The number of aliphatic hydroxyl groups excluding tert-OH is 1. The summed E-state index contributed by atoms with van der Waals surface area (Å²) in [5, 5.41) is 10.2. The zero-order chi connectivity index (χ0) is 12.5. The Morgan fingerprint density at radius 3 is 2.83 bits per heavy atom. The molecule has 1 aliphatic heterocycles. The lowest BCUT2D eigenvalue weighted by Crippen LogP contribution is -2.38. The number of nitrogens with two attached hydrogens (primary N) is 1. The Bertz CT molecular complexity index is 393. The van der Waals surface area contributed by atoms with Crippen molar-refractivity contribution in [2.75, 3.05) is 13.2 Å². The lowest BCUT2D eigenvalue weighted by molar-refractivity contribution is -0.223. The zero-order valence-corrected chi connectivity index (χ0v) is 10.2. The Morgan fingerprint density at radius 1 is 1.33 bits per heavy atom. The van der Waals surface area contributed by atoms with E-state index in [-0.39, 0.29) is 5.92 Å². The SMILES string of the molecule is NC[C@H]1[C@@H]2CO[C@H](OCc3ccccc3)[C@@H](O)[C@H]12. The van der Waals surface area contributed by atoms with E-state index in [0.717, 1.165) is 5.56 Å². The second-order valence-corrected chi connectivity index (χ2v) is 5.13. The van der Waals surface area contributed by atoms with E-state index < -0.39 is 12.4 Å². The third-order valence-electron chi connectivity index (χ3n) is 4.05. The minimum absolute atomic E-state index is 0.268. The molecule has 0 amide bonds. The van der Waals surface area contributed by atoms with E-state index in [9.17, 15) is 5.11 Å². The van der Waals surface area contributed by atoms with Crippen LogP contribution in [0.3, 0.4) is 0 Å². The molecule has 1 saturated heterocycles. The van der Waals surface area contributed by atoms with Crippen LogP contribution in [0.2, 0.25) is 0 Å². The first-order valence-corrected chi connectivity index (χ1v) is 6.46. The largest absolute Gasteiger partial charge is 0.388 e. The van der Waals surface area contributed by atoms with Gasteiger partial charge in [0.05, 0.1) is 13.2 Å². The highest BCUT2D eigenvalue weighted by molar-refractivity contribution is 5.13. The maximum absolute atomic E-state index is 10.2. The maximum Gasteiger partial charge on any atom is 0.184 e. The van der Waals surface area contributed by atoms with Gasteiger partial charge in [0.15, 0.2) is 6.29 Å². The molecule has 1 aromatic carbocycles. The van der Waals surface area contributed by atoms with Gasteiger partial charge in [-0.1, -0.05) is 30.3 Å². The van der Waals surface area contributed by atoms with Gasteiger partial charge in [-0.3, -0.25) is 0 Å². The summed E-state index contributed by atoms with van der Waals surface area (Å²) >= 11 is 0. The average Bonchev–Trinajstić information content (AvgIpc) is 3.13. The first-order chi connectivity index (χ1) is 8.81. The summed E-state index contributed by atoms with van der Waals surface area (Å²) in [6.07, 6.45) is -1.05. The molecule has 4 heteroatoms. The van der Waals surface area contributed by atoms with E-state index in [1.54, 1.807) is 0 Å². The molecule has 98 valence electrons. The van der Waals surface area contributed by atoms with Crippen LogP contribution in [0.1, 0.15) is 5.56 Å². The van der Waals surface area contributed by atoms with Crippen molar-refractivity contribution in [1.82, 2.24) is 0 Å². The Hall–Kier alpha value is -0.940. The molecule has 1 saturated carbocycles. The van der Waals surface area contributed by atoms with Crippen LogP contribution in [0.15, 0.2) is 30.3 Å². The number of hydrogen-bond acceptors (Lipinski definition) is 4. The van der Waals surface area contributed by atoms with Crippen molar-refractivity contribution in [3.63, 3.8) is 0 Å². The van der Waals surface area contributed by atoms with Crippen molar-refractivity contribution < 1.29 is 14.6 Å².